The normalized spacial score (nSPS) is 11.8. The van der Waals surface area contributed by atoms with Gasteiger partial charge in [-0.2, -0.15) is 23.1 Å². The molecule has 9 nitrogen and oxygen atoms in total. The van der Waals surface area contributed by atoms with Crippen LogP contribution in [0, 0.1) is 10.1 Å². The van der Waals surface area contributed by atoms with Crippen LogP contribution in [-0.2, 0) is 13.2 Å². The van der Waals surface area contributed by atoms with E-state index in [4.69, 9.17) is 0 Å². The molecular formula is C13H8F3N5O4. The van der Waals surface area contributed by atoms with Gasteiger partial charge in [0.2, 0.25) is 0 Å². The maximum absolute atomic E-state index is 12.9. The lowest BCUT2D eigenvalue weighted by Crippen LogP contribution is -2.45. The van der Waals surface area contributed by atoms with Gasteiger partial charge >= 0.3 is 11.9 Å². The van der Waals surface area contributed by atoms with Crippen LogP contribution in [0.25, 0.3) is 10.9 Å². The molecule has 0 unspecified atom stereocenters. The Morgan fingerprint density at radius 2 is 1.88 bits per heavy atom. The van der Waals surface area contributed by atoms with Crippen molar-refractivity contribution in [2.75, 3.05) is 0 Å². The summed E-state index contributed by atoms with van der Waals surface area (Å²) in [6, 6.07) is 3.86. The zero-order valence-corrected chi connectivity index (χ0v) is 12.4. The first-order valence-electron chi connectivity index (χ1n) is 6.64. The fourth-order valence-electron chi connectivity index (χ4n) is 2.33. The Hall–Kier alpha value is -3.44. The summed E-state index contributed by atoms with van der Waals surface area (Å²) in [6.07, 6.45) is -3.67. The molecule has 25 heavy (non-hydrogen) atoms. The molecule has 0 saturated heterocycles. The van der Waals surface area contributed by atoms with Crippen LogP contribution in [0.2, 0.25) is 0 Å². The Morgan fingerprint density at radius 1 is 1.20 bits per heavy atom. The van der Waals surface area contributed by atoms with Crippen molar-refractivity contribution < 1.29 is 18.1 Å². The van der Waals surface area contributed by atoms with Gasteiger partial charge in [-0.1, -0.05) is 0 Å². The summed E-state index contributed by atoms with van der Waals surface area (Å²) in [4.78, 5) is 35.2. The molecule has 3 rings (SSSR count). The van der Waals surface area contributed by atoms with E-state index in [-0.39, 0.29) is 21.8 Å². The average Bonchev–Trinajstić information content (AvgIpc) is 2.93. The van der Waals surface area contributed by atoms with Gasteiger partial charge in [-0.25, -0.2) is 4.79 Å². The van der Waals surface area contributed by atoms with E-state index in [0.29, 0.717) is 10.1 Å². The topological polar surface area (TPSA) is 105 Å². The number of hydrogen-bond donors (Lipinski definition) is 0. The molecule has 0 aliphatic heterocycles. The number of nitro benzene ring substituents is 1. The maximum atomic E-state index is 12.9. The lowest BCUT2D eigenvalue weighted by molar-refractivity contribution is -0.384. The molecular weight excluding hydrogens is 347 g/mol. The van der Waals surface area contributed by atoms with E-state index < -0.39 is 28.0 Å². The smallest absolute Gasteiger partial charge is 0.291 e. The van der Waals surface area contributed by atoms with E-state index in [2.05, 4.69) is 5.10 Å². The summed E-state index contributed by atoms with van der Waals surface area (Å²) in [5.74, 6) is 0. The number of aromatic nitrogens is 4. The highest BCUT2D eigenvalue weighted by Gasteiger charge is 2.35. The molecule has 0 saturated carbocycles. The number of hydrogen-bond acceptors (Lipinski definition) is 5. The second-order valence-corrected chi connectivity index (χ2v) is 5.05. The molecule has 0 aliphatic carbocycles. The number of alkyl halides is 3. The standard InChI is InChI=1S/C13H8F3N5O4/c1-18-10(13(14,15)16)5-11(22)19(12(18)23)20-9-4-8(21(24)25)3-2-7(9)6-17-20/h2-6H,1H3. The molecule has 0 bridgehead atoms. The molecule has 0 radical (unpaired) electrons. The van der Waals surface area contributed by atoms with Crippen molar-refractivity contribution in [3.63, 3.8) is 0 Å². The van der Waals surface area contributed by atoms with Gasteiger partial charge < -0.3 is 0 Å². The number of halogens is 3. The number of benzene rings is 1. The third-order valence-corrected chi connectivity index (χ3v) is 3.52. The molecule has 2 heterocycles. The Balaban J connectivity index is 2.35. The van der Waals surface area contributed by atoms with Gasteiger partial charge in [-0.3, -0.25) is 19.5 Å². The molecule has 0 aliphatic rings. The highest BCUT2D eigenvalue weighted by molar-refractivity contribution is 5.80. The monoisotopic (exact) mass is 355 g/mol. The number of fused-ring (bicyclic) bond motifs is 1. The first-order valence-corrected chi connectivity index (χ1v) is 6.64. The van der Waals surface area contributed by atoms with Gasteiger partial charge in [0.05, 0.1) is 16.6 Å². The quantitative estimate of drug-likeness (QED) is 0.506. The molecule has 0 N–H and O–H groups in total. The highest BCUT2D eigenvalue weighted by Crippen LogP contribution is 2.27. The first-order chi connectivity index (χ1) is 11.6. The molecule has 0 amide bonds. The average molecular weight is 355 g/mol. The molecule has 130 valence electrons. The molecule has 0 spiro atoms. The maximum Gasteiger partial charge on any atom is 0.431 e. The second kappa shape index (κ2) is 5.29. The molecule has 0 atom stereocenters. The van der Waals surface area contributed by atoms with Gasteiger partial charge in [0.15, 0.2) is 0 Å². The Bertz CT molecular complexity index is 1130. The van der Waals surface area contributed by atoms with Crippen LogP contribution in [0.4, 0.5) is 18.9 Å². The van der Waals surface area contributed by atoms with Gasteiger partial charge in [0, 0.05) is 30.6 Å². The molecule has 0 fully saturated rings. The SMILES string of the molecule is Cn1c(C(F)(F)F)cc(=O)n(-n2ncc3ccc([N+](=O)[O-])cc32)c1=O. The van der Waals surface area contributed by atoms with Crippen LogP contribution in [0.3, 0.4) is 0 Å². The van der Waals surface area contributed by atoms with E-state index in [1.807, 2.05) is 0 Å². The largest absolute Gasteiger partial charge is 0.431 e. The van der Waals surface area contributed by atoms with E-state index in [1.54, 1.807) is 0 Å². The van der Waals surface area contributed by atoms with Gasteiger partial charge in [-0.15, -0.1) is 4.68 Å². The highest BCUT2D eigenvalue weighted by atomic mass is 19.4. The molecule has 3 aromatic rings. The van der Waals surface area contributed by atoms with Crippen molar-refractivity contribution in [3.05, 3.63) is 67.1 Å². The summed E-state index contributed by atoms with van der Waals surface area (Å²) in [6.45, 7) is 0. The van der Waals surface area contributed by atoms with Gasteiger partial charge in [0.25, 0.3) is 11.2 Å². The fourth-order valence-corrected chi connectivity index (χ4v) is 2.33. The number of nitro groups is 1. The summed E-state index contributed by atoms with van der Waals surface area (Å²) < 4.78 is 39.2. The van der Waals surface area contributed by atoms with Crippen molar-refractivity contribution in [3.8, 4) is 0 Å². The zero-order valence-electron chi connectivity index (χ0n) is 12.4. The zero-order chi connectivity index (χ0) is 18.5. The summed E-state index contributed by atoms with van der Waals surface area (Å²) in [5, 5.41) is 15.0. The Labute approximate surface area is 135 Å². The van der Waals surface area contributed by atoms with E-state index >= 15 is 0 Å². The van der Waals surface area contributed by atoms with Crippen LogP contribution in [0.1, 0.15) is 5.69 Å². The molecule has 1 aromatic carbocycles. The van der Waals surface area contributed by atoms with Crippen molar-refractivity contribution in [2.24, 2.45) is 7.05 Å². The number of nitrogens with zero attached hydrogens (tertiary/aromatic N) is 5. The van der Waals surface area contributed by atoms with E-state index in [0.717, 1.165) is 17.9 Å². The van der Waals surface area contributed by atoms with E-state index in [9.17, 15) is 32.9 Å². The lowest BCUT2D eigenvalue weighted by Gasteiger charge is -2.14. The third kappa shape index (κ3) is 2.56. The minimum absolute atomic E-state index is 0.0214. The fraction of sp³-hybridized carbons (Fsp3) is 0.154. The molecule has 12 heteroatoms. The number of rotatable bonds is 2. The van der Waals surface area contributed by atoms with Gasteiger partial charge in [0.1, 0.15) is 5.69 Å². The predicted octanol–water partition coefficient (Wildman–Crippen LogP) is 1.14. The first kappa shape index (κ1) is 16.4. The van der Waals surface area contributed by atoms with Crippen molar-refractivity contribution in [1.82, 2.24) is 19.1 Å². The third-order valence-electron chi connectivity index (χ3n) is 3.52. The van der Waals surface area contributed by atoms with Crippen LogP contribution in [0.15, 0.2) is 40.1 Å². The van der Waals surface area contributed by atoms with E-state index in [1.165, 1.54) is 18.3 Å². The van der Waals surface area contributed by atoms with Gasteiger partial charge in [-0.05, 0) is 6.07 Å². The van der Waals surface area contributed by atoms with Crippen molar-refractivity contribution >= 4 is 16.6 Å². The van der Waals surface area contributed by atoms with Crippen LogP contribution < -0.4 is 11.2 Å². The Kier molecular flexibility index (Phi) is 3.47. The van der Waals surface area contributed by atoms with Crippen LogP contribution in [-0.4, -0.2) is 24.1 Å². The summed E-state index contributed by atoms with van der Waals surface area (Å²) in [5.41, 5.74) is -4.29. The summed E-state index contributed by atoms with van der Waals surface area (Å²) >= 11 is 0. The second-order valence-electron chi connectivity index (χ2n) is 5.05. The summed E-state index contributed by atoms with van der Waals surface area (Å²) in [7, 11) is 0.856. The van der Waals surface area contributed by atoms with Crippen LogP contribution in [0.5, 0.6) is 0 Å². The number of non-ortho nitro benzene ring substituents is 1. The Morgan fingerprint density at radius 3 is 2.48 bits per heavy atom. The lowest BCUT2D eigenvalue weighted by atomic mass is 10.2. The van der Waals surface area contributed by atoms with Crippen molar-refractivity contribution in [1.29, 1.82) is 0 Å². The minimum Gasteiger partial charge on any atom is -0.291 e. The predicted molar refractivity (Wildman–Crippen MR) is 78.1 cm³/mol. The van der Waals surface area contributed by atoms with Crippen molar-refractivity contribution in [2.45, 2.75) is 6.18 Å². The molecule has 2 aromatic heterocycles. The minimum atomic E-state index is -4.89. The van der Waals surface area contributed by atoms with Crippen LogP contribution >= 0.6 is 0 Å².